The number of esters is 1. The Morgan fingerprint density at radius 2 is 2.24 bits per heavy atom. The second-order valence-corrected chi connectivity index (χ2v) is 4.41. The number of hydrogen-bond donors (Lipinski definition) is 2. The number of carbonyl (C=O) groups is 2. The lowest BCUT2D eigenvalue weighted by atomic mass is 10.3. The van der Waals surface area contributed by atoms with E-state index in [9.17, 15) is 9.59 Å². The molecule has 112 valence electrons. The van der Waals surface area contributed by atoms with Crippen LogP contribution in [0.1, 0.15) is 19.7 Å². The van der Waals surface area contributed by atoms with E-state index in [1.807, 2.05) is 6.92 Å². The van der Waals surface area contributed by atoms with Crippen molar-refractivity contribution in [1.82, 2.24) is 19.9 Å². The molecular weight excluding hydrogens is 274 g/mol. The highest BCUT2D eigenvalue weighted by molar-refractivity contribution is 5.95. The highest BCUT2D eigenvalue weighted by atomic mass is 16.5. The number of fused-ring (bicyclic) bond motifs is 1. The molecule has 2 aromatic rings. The van der Waals surface area contributed by atoms with Crippen molar-refractivity contribution in [3.05, 3.63) is 24.2 Å². The summed E-state index contributed by atoms with van der Waals surface area (Å²) in [5.74, 6) is 0.173. The zero-order valence-corrected chi connectivity index (χ0v) is 12.1. The first-order valence-electron chi connectivity index (χ1n) is 6.54. The number of hydrogen-bond acceptors (Lipinski definition) is 5. The quantitative estimate of drug-likeness (QED) is 0.818. The summed E-state index contributed by atoms with van der Waals surface area (Å²) in [6, 6.07) is 2.22. The van der Waals surface area contributed by atoms with Gasteiger partial charge in [0, 0.05) is 12.6 Å². The minimum absolute atomic E-state index is 0.512. The third-order valence-electron chi connectivity index (χ3n) is 2.87. The van der Waals surface area contributed by atoms with Crippen LogP contribution in [0.5, 0.6) is 0 Å². The van der Waals surface area contributed by atoms with E-state index in [-0.39, 0.29) is 0 Å². The van der Waals surface area contributed by atoms with Crippen LogP contribution in [0.25, 0.3) is 5.65 Å². The molecule has 0 aliphatic rings. The number of pyridine rings is 1. The predicted molar refractivity (Wildman–Crippen MR) is 76.0 cm³/mol. The lowest BCUT2D eigenvalue weighted by molar-refractivity contribution is -0.142. The lowest BCUT2D eigenvalue weighted by Gasteiger charge is -2.12. The first-order valence-corrected chi connectivity index (χ1v) is 6.54. The van der Waals surface area contributed by atoms with Gasteiger partial charge in [-0.2, -0.15) is 5.10 Å². The van der Waals surface area contributed by atoms with Crippen molar-refractivity contribution in [1.29, 1.82) is 0 Å². The summed E-state index contributed by atoms with van der Waals surface area (Å²) in [7, 11) is 1.27. The molecule has 2 rings (SSSR count). The van der Waals surface area contributed by atoms with Crippen molar-refractivity contribution >= 4 is 23.3 Å². The minimum atomic E-state index is -0.737. The second kappa shape index (κ2) is 6.21. The van der Waals surface area contributed by atoms with Crippen LogP contribution in [0.2, 0.25) is 0 Å². The Bertz CT molecular complexity index is 667. The number of anilines is 1. The van der Waals surface area contributed by atoms with E-state index >= 15 is 0 Å². The summed E-state index contributed by atoms with van der Waals surface area (Å²) in [5.41, 5.74) is 1.06. The molecule has 0 fully saturated rings. The number of nitrogens with zero attached hydrogens (tertiary/aromatic N) is 3. The molecule has 8 heteroatoms. The molecule has 2 aromatic heterocycles. The fourth-order valence-electron chi connectivity index (χ4n) is 1.79. The number of urea groups is 1. The first-order chi connectivity index (χ1) is 10.0. The smallest absolute Gasteiger partial charge is 0.328 e. The highest BCUT2D eigenvalue weighted by Gasteiger charge is 2.16. The van der Waals surface area contributed by atoms with Crippen LogP contribution in [0.3, 0.4) is 0 Å². The Hall–Kier alpha value is -2.64. The van der Waals surface area contributed by atoms with Crippen molar-refractivity contribution in [2.75, 3.05) is 12.4 Å². The maximum Gasteiger partial charge on any atom is 0.328 e. The van der Waals surface area contributed by atoms with Gasteiger partial charge in [0.15, 0.2) is 11.5 Å². The van der Waals surface area contributed by atoms with Gasteiger partial charge >= 0.3 is 12.0 Å². The fraction of sp³-hybridized carbons (Fsp3) is 0.385. The number of aryl methyl sites for hydroxylation is 1. The molecule has 0 saturated heterocycles. The molecule has 2 heterocycles. The molecule has 21 heavy (non-hydrogen) atoms. The van der Waals surface area contributed by atoms with Crippen molar-refractivity contribution in [3.63, 3.8) is 0 Å². The molecule has 0 aromatic carbocycles. The van der Waals surface area contributed by atoms with Gasteiger partial charge in [-0.3, -0.25) is 0 Å². The first kappa shape index (κ1) is 14.8. The number of rotatable bonds is 4. The molecule has 0 bridgehead atoms. The summed E-state index contributed by atoms with van der Waals surface area (Å²) < 4.78 is 6.14. The zero-order chi connectivity index (χ0) is 15.4. The van der Waals surface area contributed by atoms with Gasteiger partial charge in [0.2, 0.25) is 0 Å². The van der Waals surface area contributed by atoms with Gasteiger partial charge in [-0.15, -0.1) is 0 Å². The number of aromatic nitrogens is 3. The number of ether oxygens (including phenoxy) is 1. The number of nitrogens with one attached hydrogen (secondary N) is 2. The maximum absolute atomic E-state index is 11.9. The molecule has 0 saturated carbocycles. The monoisotopic (exact) mass is 291 g/mol. The van der Waals surface area contributed by atoms with Gasteiger partial charge < -0.3 is 15.4 Å². The highest BCUT2D eigenvalue weighted by Crippen LogP contribution is 2.14. The van der Waals surface area contributed by atoms with E-state index in [4.69, 9.17) is 0 Å². The fourth-order valence-corrected chi connectivity index (χ4v) is 1.79. The van der Waals surface area contributed by atoms with Crippen LogP contribution < -0.4 is 10.6 Å². The molecular formula is C13H17N5O3. The van der Waals surface area contributed by atoms with Gasteiger partial charge in [0.25, 0.3) is 0 Å². The van der Waals surface area contributed by atoms with Crippen LogP contribution in [0.4, 0.5) is 10.5 Å². The molecule has 0 aliphatic carbocycles. The molecule has 2 N–H and O–H groups in total. The van der Waals surface area contributed by atoms with Crippen LogP contribution in [-0.4, -0.2) is 39.8 Å². The molecule has 0 unspecified atom stereocenters. The van der Waals surface area contributed by atoms with Gasteiger partial charge in [-0.05, 0) is 19.1 Å². The SMILES string of the molecule is CCc1nc2c(NC(=O)N[C@@H](C)C(=O)OC)cccn2n1. The second-order valence-electron chi connectivity index (χ2n) is 4.41. The average molecular weight is 291 g/mol. The van der Waals surface area contributed by atoms with E-state index in [0.717, 1.165) is 0 Å². The van der Waals surface area contributed by atoms with Gasteiger partial charge in [0.1, 0.15) is 6.04 Å². The Labute approximate surface area is 121 Å². The average Bonchev–Trinajstić information content (AvgIpc) is 2.90. The van der Waals surface area contributed by atoms with Crippen molar-refractivity contribution in [2.45, 2.75) is 26.3 Å². The van der Waals surface area contributed by atoms with Crippen molar-refractivity contribution in [3.8, 4) is 0 Å². The van der Waals surface area contributed by atoms with Gasteiger partial charge in [-0.25, -0.2) is 19.1 Å². The standard InChI is InChI=1S/C13H17N5O3/c1-4-10-16-11-9(6-5-7-18(11)17-10)15-13(20)14-8(2)12(19)21-3/h5-8H,4H2,1-3H3,(H2,14,15,20)/t8-/m0/s1. The van der Waals surface area contributed by atoms with Crippen LogP contribution in [0.15, 0.2) is 18.3 Å². The molecule has 8 nitrogen and oxygen atoms in total. The summed E-state index contributed by atoms with van der Waals surface area (Å²) in [5, 5.41) is 9.39. The lowest BCUT2D eigenvalue weighted by Crippen LogP contribution is -2.41. The van der Waals surface area contributed by atoms with E-state index in [1.165, 1.54) is 14.0 Å². The van der Waals surface area contributed by atoms with Crippen LogP contribution in [0, 0.1) is 0 Å². The molecule has 0 aliphatic heterocycles. The van der Waals surface area contributed by atoms with Gasteiger partial charge in [-0.1, -0.05) is 6.92 Å². The summed E-state index contributed by atoms with van der Waals surface area (Å²) >= 11 is 0. The van der Waals surface area contributed by atoms with E-state index in [0.29, 0.717) is 23.6 Å². The van der Waals surface area contributed by atoms with E-state index in [2.05, 4.69) is 25.5 Å². The maximum atomic E-state index is 11.9. The number of methoxy groups -OCH3 is 1. The predicted octanol–water partition coefficient (Wildman–Crippen LogP) is 0.975. The Morgan fingerprint density at radius 1 is 1.48 bits per heavy atom. The van der Waals surface area contributed by atoms with E-state index in [1.54, 1.807) is 22.8 Å². The minimum Gasteiger partial charge on any atom is -0.467 e. The zero-order valence-electron chi connectivity index (χ0n) is 12.1. The molecule has 0 radical (unpaired) electrons. The normalized spacial score (nSPS) is 12.0. The van der Waals surface area contributed by atoms with Gasteiger partial charge in [0.05, 0.1) is 12.8 Å². The molecule has 2 amide bonds. The number of amides is 2. The summed E-state index contributed by atoms with van der Waals surface area (Å²) in [4.78, 5) is 27.5. The number of carbonyl (C=O) groups excluding carboxylic acids is 2. The summed E-state index contributed by atoms with van der Waals surface area (Å²) in [6.45, 7) is 3.49. The topological polar surface area (TPSA) is 97.6 Å². The summed E-state index contributed by atoms with van der Waals surface area (Å²) in [6.07, 6.45) is 2.45. The third-order valence-corrected chi connectivity index (χ3v) is 2.87. The van der Waals surface area contributed by atoms with Crippen molar-refractivity contribution in [2.24, 2.45) is 0 Å². The third kappa shape index (κ3) is 3.28. The molecule has 0 spiro atoms. The Morgan fingerprint density at radius 3 is 2.90 bits per heavy atom. The molecule has 1 atom stereocenters. The van der Waals surface area contributed by atoms with Crippen LogP contribution >= 0.6 is 0 Å². The van der Waals surface area contributed by atoms with Crippen LogP contribution in [-0.2, 0) is 16.0 Å². The largest absolute Gasteiger partial charge is 0.467 e. The van der Waals surface area contributed by atoms with Crippen molar-refractivity contribution < 1.29 is 14.3 Å². The van der Waals surface area contributed by atoms with E-state index < -0.39 is 18.0 Å². The Kier molecular flexibility index (Phi) is 4.36. The Balaban J connectivity index is 2.14.